The summed E-state index contributed by atoms with van der Waals surface area (Å²) >= 11 is 0. The van der Waals surface area contributed by atoms with Gasteiger partial charge < -0.3 is 10.1 Å². The van der Waals surface area contributed by atoms with Crippen LogP contribution >= 0.6 is 0 Å². The van der Waals surface area contributed by atoms with E-state index >= 15 is 0 Å². The highest BCUT2D eigenvalue weighted by Gasteiger charge is 2.41. The quantitative estimate of drug-likeness (QED) is 0.642. The zero-order chi connectivity index (χ0) is 15.7. The van der Waals surface area contributed by atoms with E-state index in [4.69, 9.17) is 4.74 Å². The standard InChI is InChI=1S/C18H27NO3/c1-11-4-3-5-16(12(11)2)19-17(20)10-22-18(21)15-9-13-6-7-14(15)8-13/h6-7,11-16H,3-5,8-10H2,1-2H3,(H,19,20). The molecule has 0 heterocycles. The van der Waals surface area contributed by atoms with Gasteiger partial charge in [0.25, 0.3) is 5.91 Å². The van der Waals surface area contributed by atoms with Gasteiger partial charge in [-0.05, 0) is 42.9 Å². The SMILES string of the molecule is CC1CCCC(NC(=O)COC(=O)C2CC3C=CC2C3)C1C. The number of amides is 1. The van der Waals surface area contributed by atoms with E-state index in [1.165, 1.54) is 6.42 Å². The number of hydrogen-bond donors (Lipinski definition) is 1. The maximum absolute atomic E-state index is 12.1. The molecule has 3 rings (SSSR count). The number of allylic oxidation sites excluding steroid dienone is 2. The molecule has 2 saturated carbocycles. The van der Waals surface area contributed by atoms with Crippen LogP contribution in [0.15, 0.2) is 12.2 Å². The second-order valence-corrected chi connectivity index (χ2v) is 7.44. The molecule has 22 heavy (non-hydrogen) atoms. The Kier molecular flexibility index (Phi) is 4.55. The Morgan fingerprint density at radius 1 is 1.18 bits per heavy atom. The van der Waals surface area contributed by atoms with Gasteiger partial charge in [-0.2, -0.15) is 0 Å². The molecule has 0 aliphatic heterocycles. The van der Waals surface area contributed by atoms with Crippen LogP contribution in [0.1, 0.15) is 46.0 Å². The van der Waals surface area contributed by atoms with Gasteiger partial charge in [0.2, 0.25) is 0 Å². The molecular weight excluding hydrogens is 278 g/mol. The Labute approximate surface area is 132 Å². The Morgan fingerprint density at radius 3 is 2.68 bits per heavy atom. The van der Waals surface area contributed by atoms with Gasteiger partial charge in [0.1, 0.15) is 0 Å². The molecule has 2 bridgehead atoms. The van der Waals surface area contributed by atoms with Crippen LogP contribution in [-0.4, -0.2) is 24.5 Å². The summed E-state index contributed by atoms with van der Waals surface area (Å²) in [4.78, 5) is 24.2. The highest BCUT2D eigenvalue weighted by atomic mass is 16.5. The van der Waals surface area contributed by atoms with Gasteiger partial charge >= 0.3 is 5.97 Å². The second kappa shape index (κ2) is 6.43. The highest BCUT2D eigenvalue weighted by Crippen LogP contribution is 2.43. The van der Waals surface area contributed by atoms with Crippen molar-refractivity contribution in [3.63, 3.8) is 0 Å². The molecule has 6 unspecified atom stereocenters. The van der Waals surface area contributed by atoms with Gasteiger partial charge in [0.15, 0.2) is 6.61 Å². The number of hydrogen-bond acceptors (Lipinski definition) is 3. The van der Waals surface area contributed by atoms with Crippen molar-refractivity contribution in [2.45, 2.75) is 52.0 Å². The van der Waals surface area contributed by atoms with Crippen LogP contribution < -0.4 is 5.32 Å². The van der Waals surface area contributed by atoms with Crippen molar-refractivity contribution >= 4 is 11.9 Å². The van der Waals surface area contributed by atoms with E-state index in [1.54, 1.807) is 0 Å². The molecule has 4 heteroatoms. The zero-order valence-corrected chi connectivity index (χ0v) is 13.6. The Hall–Kier alpha value is -1.32. The van der Waals surface area contributed by atoms with Gasteiger partial charge in [-0.15, -0.1) is 0 Å². The fourth-order valence-electron chi connectivity index (χ4n) is 4.33. The van der Waals surface area contributed by atoms with Crippen LogP contribution in [0.2, 0.25) is 0 Å². The summed E-state index contributed by atoms with van der Waals surface area (Å²) in [6, 6.07) is 0.223. The van der Waals surface area contributed by atoms with Crippen LogP contribution in [0.5, 0.6) is 0 Å². The van der Waals surface area contributed by atoms with Gasteiger partial charge in [0.05, 0.1) is 5.92 Å². The number of carbonyl (C=O) groups excluding carboxylic acids is 2. The van der Waals surface area contributed by atoms with E-state index in [2.05, 4.69) is 31.3 Å². The predicted molar refractivity (Wildman–Crippen MR) is 83.9 cm³/mol. The molecule has 0 aromatic rings. The van der Waals surface area contributed by atoms with Crippen molar-refractivity contribution in [3.8, 4) is 0 Å². The van der Waals surface area contributed by atoms with E-state index in [9.17, 15) is 9.59 Å². The Balaban J connectivity index is 1.42. The number of nitrogens with one attached hydrogen (secondary N) is 1. The van der Waals surface area contributed by atoms with Crippen LogP contribution in [0.25, 0.3) is 0 Å². The smallest absolute Gasteiger partial charge is 0.310 e. The third kappa shape index (κ3) is 3.21. The minimum atomic E-state index is -0.197. The van der Waals surface area contributed by atoms with Crippen LogP contribution in [0.3, 0.4) is 0 Å². The van der Waals surface area contributed by atoms with Crippen LogP contribution in [-0.2, 0) is 14.3 Å². The molecule has 3 aliphatic carbocycles. The van der Waals surface area contributed by atoms with Crippen molar-refractivity contribution in [1.29, 1.82) is 0 Å². The lowest BCUT2D eigenvalue weighted by molar-refractivity contribution is -0.153. The maximum Gasteiger partial charge on any atom is 0.310 e. The van der Waals surface area contributed by atoms with E-state index < -0.39 is 0 Å². The molecule has 1 N–H and O–H groups in total. The lowest BCUT2D eigenvalue weighted by atomic mass is 9.78. The number of fused-ring (bicyclic) bond motifs is 2. The summed E-state index contributed by atoms with van der Waals surface area (Å²) in [5.74, 6) is 1.62. The number of rotatable bonds is 4. The lowest BCUT2D eigenvalue weighted by Crippen LogP contribution is -2.45. The zero-order valence-electron chi connectivity index (χ0n) is 13.6. The number of carbonyl (C=O) groups is 2. The first-order chi connectivity index (χ1) is 10.5. The third-order valence-electron chi connectivity index (χ3n) is 5.98. The summed E-state index contributed by atoms with van der Waals surface area (Å²) in [5, 5.41) is 3.05. The van der Waals surface area contributed by atoms with Gasteiger partial charge in [-0.1, -0.05) is 38.8 Å². The normalized spacial score (nSPS) is 39.7. The average Bonchev–Trinajstić information content (AvgIpc) is 3.12. The molecule has 0 radical (unpaired) electrons. The number of ether oxygens (including phenoxy) is 1. The highest BCUT2D eigenvalue weighted by molar-refractivity contribution is 5.81. The molecular formula is C18H27NO3. The maximum atomic E-state index is 12.1. The summed E-state index contributed by atoms with van der Waals surface area (Å²) in [5.41, 5.74) is 0. The minimum Gasteiger partial charge on any atom is -0.455 e. The third-order valence-corrected chi connectivity index (χ3v) is 5.98. The lowest BCUT2D eigenvalue weighted by Gasteiger charge is -2.34. The monoisotopic (exact) mass is 305 g/mol. The first kappa shape index (κ1) is 15.6. The summed E-state index contributed by atoms with van der Waals surface area (Å²) in [6.07, 6.45) is 9.72. The summed E-state index contributed by atoms with van der Waals surface area (Å²) in [6.45, 7) is 4.31. The molecule has 4 nitrogen and oxygen atoms in total. The summed E-state index contributed by atoms with van der Waals surface area (Å²) in [7, 11) is 0. The fourth-order valence-corrected chi connectivity index (χ4v) is 4.33. The largest absolute Gasteiger partial charge is 0.455 e. The first-order valence-corrected chi connectivity index (χ1v) is 8.69. The molecule has 1 amide bonds. The average molecular weight is 305 g/mol. The molecule has 0 aromatic carbocycles. The molecule has 0 saturated heterocycles. The van der Waals surface area contributed by atoms with E-state index in [-0.39, 0.29) is 30.4 Å². The summed E-state index contributed by atoms with van der Waals surface area (Å²) < 4.78 is 5.26. The van der Waals surface area contributed by atoms with Gasteiger partial charge in [0, 0.05) is 6.04 Å². The molecule has 0 spiro atoms. The van der Waals surface area contributed by atoms with Crippen molar-refractivity contribution in [1.82, 2.24) is 5.32 Å². The van der Waals surface area contributed by atoms with Gasteiger partial charge in [-0.3, -0.25) is 9.59 Å². The Bertz CT molecular complexity index is 473. The predicted octanol–water partition coefficient (Wildman–Crippen LogP) is 2.68. The van der Waals surface area contributed by atoms with Crippen molar-refractivity contribution in [3.05, 3.63) is 12.2 Å². The first-order valence-electron chi connectivity index (χ1n) is 8.69. The topological polar surface area (TPSA) is 55.4 Å². The van der Waals surface area contributed by atoms with Crippen molar-refractivity contribution in [2.75, 3.05) is 6.61 Å². The van der Waals surface area contributed by atoms with E-state index in [0.717, 1.165) is 25.7 Å². The second-order valence-electron chi connectivity index (χ2n) is 7.44. The molecule has 0 aromatic heterocycles. The molecule has 122 valence electrons. The minimum absolute atomic E-state index is 0.0311. The molecule has 3 aliphatic rings. The van der Waals surface area contributed by atoms with E-state index in [0.29, 0.717) is 23.7 Å². The van der Waals surface area contributed by atoms with Crippen LogP contribution in [0.4, 0.5) is 0 Å². The number of esters is 1. The fraction of sp³-hybridized carbons (Fsp3) is 0.778. The van der Waals surface area contributed by atoms with E-state index in [1.807, 2.05) is 0 Å². The Morgan fingerprint density at radius 2 is 2.00 bits per heavy atom. The molecule has 6 atom stereocenters. The van der Waals surface area contributed by atoms with Gasteiger partial charge in [-0.25, -0.2) is 0 Å². The molecule has 2 fully saturated rings. The van der Waals surface area contributed by atoms with Crippen LogP contribution in [0, 0.1) is 29.6 Å². The van der Waals surface area contributed by atoms with Crippen molar-refractivity contribution < 1.29 is 14.3 Å². The van der Waals surface area contributed by atoms with Crippen molar-refractivity contribution in [2.24, 2.45) is 29.6 Å².